The first-order valence-electron chi connectivity index (χ1n) is 5.33. The number of rotatable bonds is 4. The van der Waals surface area contributed by atoms with Gasteiger partial charge in [0.05, 0.1) is 6.54 Å². The van der Waals surface area contributed by atoms with Gasteiger partial charge < -0.3 is 10.2 Å². The Balaban J connectivity index is 2.19. The van der Waals surface area contributed by atoms with Crippen molar-refractivity contribution in [2.45, 2.75) is 13.0 Å². The van der Waals surface area contributed by atoms with Crippen LogP contribution in [0.1, 0.15) is 11.1 Å². The second-order valence-corrected chi connectivity index (χ2v) is 4.71. The summed E-state index contributed by atoms with van der Waals surface area (Å²) in [6.45, 7) is 0.503. The van der Waals surface area contributed by atoms with E-state index < -0.39 is 0 Å². The van der Waals surface area contributed by atoms with Gasteiger partial charge in [0.15, 0.2) is 0 Å². The van der Waals surface area contributed by atoms with E-state index in [0.29, 0.717) is 18.5 Å². The third kappa shape index (κ3) is 2.87. The zero-order valence-corrected chi connectivity index (χ0v) is 10.8. The zero-order valence-electron chi connectivity index (χ0n) is 9.19. The SMILES string of the molecule is O=c1c(CCO)c[nH]n1Cc1ccc(Br)cc1. The predicted molar refractivity (Wildman–Crippen MR) is 69.1 cm³/mol. The number of nitrogens with one attached hydrogen (secondary N) is 1. The molecule has 1 aromatic carbocycles. The van der Waals surface area contributed by atoms with Gasteiger partial charge in [0, 0.05) is 29.3 Å². The van der Waals surface area contributed by atoms with E-state index in [2.05, 4.69) is 21.0 Å². The second kappa shape index (κ2) is 5.33. The Morgan fingerprint density at radius 3 is 2.65 bits per heavy atom. The molecule has 5 heteroatoms. The molecule has 0 bridgehead atoms. The number of nitrogens with zero attached hydrogens (tertiary/aromatic N) is 1. The zero-order chi connectivity index (χ0) is 12.3. The molecule has 2 aromatic rings. The van der Waals surface area contributed by atoms with Crippen molar-refractivity contribution in [2.75, 3.05) is 6.61 Å². The highest BCUT2D eigenvalue weighted by molar-refractivity contribution is 9.10. The van der Waals surface area contributed by atoms with Crippen molar-refractivity contribution in [3.05, 3.63) is 56.4 Å². The van der Waals surface area contributed by atoms with Crippen LogP contribution >= 0.6 is 15.9 Å². The predicted octanol–water partition coefficient (Wildman–Crippen LogP) is 1.52. The smallest absolute Gasteiger partial charge is 0.270 e. The lowest BCUT2D eigenvalue weighted by atomic mass is 10.2. The minimum atomic E-state index is -0.0676. The van der Waals surface area contributed by atoms with Crippen LogP contribution in [0.25, 0.3) is 0 Å². The number of aromatic nitrogens is 2. The lowest BCUT2D eigenvalue weighted by Crippen LogP contribution is -2.20. The molecule has 0 aliphatic carbocycles. The van der Waals surface area contributed by atoms with Crippen LogP contribution in [0, 0.1) is 0 Å². The largest absolute Gasteiger partial charge is 0.396 e. The fraction of sp³-hybridized carbons (Fsp3) is 0.250. The average molecular weight is 297 g/mol. The number of H-pyrrole nitrogens is 1. The van der Waals surface area contributed by atoms with Crippen molar-refractivity contribution in [1.29, 1.82) is 0 Å². The molecule has 0 radical (unpaired) electrons. The van der Waals surface area contributed by atoms with Crippen LogP contribution in [-0.2, 0) is 13.0 Å². The van der Waals surface area contributed by atoms with Crippen LogP contribution in [0.15, 0.2) is 39.7 Å². The van der Waals surface area contributed by atoms with Gasteiger partial charge in [0.2, 0.25) is 0 Å². The van der Waals surface area contributed by atoms with E-state index in [-0.39, 0.29) is 12.2 Å². The Bertz CT molecular complexity index is 542. The average Bonchev–Trinajstić information content (AvgIpc) is 2.65. The molecular formula is C12H13BrN2O2. The van der Waals surface area contributed by atoms with Gasteiger partial charge in [0.25, 0.3) is 5.56 Å². The summed E-state index contributed by atoms with van der Waals surface area (Å²) >= 11 is 3.37. The van der Waals surface area contributed by atoms with Gasteiger partial charge in [-0.2, -0.15) is 0 Å². The summed E-state index contributed by atoms with van der Waals surface area (Å²) in [7, 11) is 0. The lowest BCUT2D eigenvalue weighted by molar-refractivity contribution is 0.299. The number of aliphatic hydroxyl groups is 1. The Kier molecular flexibility index (Phi) is 3.81. The molecule has 90 valence electrons. The first-order chi connectivity index (χ1) is 8.20. The molecule has 2 rings (SSSR count). The molecule has 0 saturated carbocycles. The summed E-state index contributed by atoms with van der Waals surface area (Å²) in [6, 6.07) is 7.81. The highest BCUT2D eigenvalue weighted by Gasteiger charge is 2.05. The maximum Gasteiger partial charge on any atom is 0.270 e. The Hall–Kier alpha value is -1.33. The molecule has 0 spiro atoms. The topological polar surface area (TPSA) is 58.0 Å². The van der Waals surface area contributed by atoms with Crippen molar-refractivity contribution in [1.82, 2.24) is 9.78 Å². The van der Waals surface area contributed by atoms with Crippen molar-refractivity contribution in [3.8, 4) is 0 Å². The number of benzene rings is 1. The molecule has 0 aliphatic rings. The minimum Gasteiger partial charge on any atom is -0.396 e. The summed E-state index contributed by atoms with van der Waals surface area (Å²) < 4.78 is 2.55. The van der Waals surface area contributed by atoms with E-state index >= 15 is 0 Å². The molecule has 2 N–H and O–H groups in total. The molecule has 0 fully saturated rings. The Morgan fingerprint density at radius 1 is 1.29 bits per heavy atom. The standard InChI is InChI=1S/C12H13BrN2O2/c13-11-3-1-9(2-4-11)8-15-12(17)10(5-6-16)7-14-15/h1-4,7,14,16H,5-6,8H2. The molecule has 1 heterocycles. The number of hydrogen-bond acceptors (Lipinski definition) is 2. The van der Waals surface area contributed by atoms with E-state index in [0.717, 1.165) is 10.0 Å². The molecule has 17 heavy (non-hydrogen) atoms. The fourth-order valence-electron chi connectivity index (χ4n) is 1.64. The number of aromatic amines is 1. The van der Waals surface area contributed by atoms with Gasteiger partial charge in [-0.05, 0) is 17.7 Å². The summed E-state index contributed by atoms with van der Waals surface area (Å²) in [6.07, 6.45) is 2.04. The quantitative estimate of drug-likeness (QED) is 0.899. The molecule has 0 unspecified atom stereocenters. The molecule has 0 atom stereocenters. The van der Waals surface area contributed by atoms with Crippen LogP contribution < -0.4 is 5.56 Å². The van der Waals surface area contributed by atoms with E-state index in [1.54, 1.807) is 6.20 Å². The number of halogens is 1. The molecular weight excluding hydrogens is 284 g/mol. The van der Waals surface area contributed by atoms with Gasteiger partial charge in [-0.3, -0.25) is 4.79 Å². The fourth-order valence-corrected chi connectivity index (χ4v) is 1.90. The van der Waals surface area contributed by atoms with Gasteiger partial charge in [-0.1, -0.05) is 28.1 Å². The number of hydrogen-bond donors (Lipinski definition) is 2. The highest BCUT2D eigenvalue weighted by atomic mass is 79.9. The van der Waals surface area contributed by atoms with Crippen molar-refractivity contribution >= 4 is 15.9 Å². The first kappa shape index (κ1) is 12.1. The summed E-state index contributed by atoms with van der Waals surface area (Å²) in [5, 5.41) is 11.7. The van der Waals surface area contributed by atoms with Gasteiger partial charge >= 0.3 is 0 Å². The van der Waals surface area contributed by atoms with Crippen molar-refractivity contribution < 1.29 is 5.11 Å². The Labute approximate surface area is 107 Å². The maximum absolute atomic E-state index is 11.8. The van der Waals surface area contributed by atoms with Gasteiger partial charge in [-0.15, -0.1) is 0 Å². The van der Waals surface area contributed by atoms with E-state index in [1.165, 1.54) is 4.68 Å². The third-order valence-corrected chi connectivity index (χ3v) is 3.08. The third-order valence-electron chi connectivity index (χ3n) is 2.55. The van der Waals surface area contributed by atoms with E-state index in [4.69, 9.17) is 5.11 Å². The minimum absolute atomic E-state index is 0.00855. The summed E-state index contributed by atoms with van der Waals surface area (Å²) in [5.74, 6) is 0. The molecule has 4 nitrogen and oxygen atoms in total. The van der Waals surface area contributed by atoms with Gasteiger partial charge in [0.1, 0.15) is 0 Å². The van der Waals surface area contributed by atoms with E-state index in [9.17, 15) is 4.79 Å². The number of aliphatic hydroxyl groups excluding tert-OH is 1. The van der Waals surface area contributed by atoms with Crippen molar-refractivity contribution in [2.24, 2.45) is 0 Å². The van der Waals surface area contributed by atoms with Crippen LogP contribution in [0.2, 0.25) is 0 Å². The molecule has 0 saturated heterocycles. The first-order valence-corrected chi connectivity index (χ1v) is 6.12. The van der Waals surface area contributed by atoms with Crippen LogP contribution in [-0.4, -0.2) is 21.5 Å². The Morgan fingerprint density at radius 2 is 2.00 bits per heavy atom. The molecule has 0 amide bonds. The lowest BCUT2D eigenvalue weighted by Gasteiger charge is -2.02. The molecule has 1 aromatic heterocycles. The normalized spacial score (nSPS) is 10.7. The highest BCUT2D eigenvalue weighted by Crippen LogP contribution is 2.10. The van der Waals surface area contributed by atoms with Crippen LogP contribution in [0.3, 0.4) is 0 Å². The van der Waals surface area contributed by atoms with E-state index in [1.807, 2.05) is 24.3 Å². The monoisotopic (exact) mass is 296 g/mol. The van der Waals surface area contributed by atoms with Crippen molar-refractivity contribution in [3.63, 3.8) is 0 Å². The van der Waals surface area contributed by atoms with Crippen LogP contribution in [0.4, 0.5) is 0 Å². The second-order valence-electron chi connectivity index (χ2n) is 3.79. The molecule has 0 aliphatic heterocycles. The van der Waals surface area contributed by atoms with Gasteiger partial charge in [-0.25, -0.2) is 4.68 Å². The summed E-state index contributed by atoms with van der Waals surface area (Å²) in [4.78, 5) is 11.8. The maximum atomic E-state index is 11.8. The summed E-state index contributed by atoms with van der Waals surface area (Å²) in [5.41, 5.74) is 1.60. The van der Waals surface area contributed by atoms with Crippen LogP contribution in [0.5, 0.6) is 0 Å².